The summed E-state index contributed by atoms with van der Waals surface area (Å²) in [6, 6.07) is 4.76. The number of halogens is 2. The molecule has 1 unspecified atom stereocenters. The minimum atomic E-state index is -0.877. The summed E-state index contributed by atoms with van der Waals surface area (Å²) in [5.74, 6) is -0.262. The Morgan fingerprint density at radius 1 is 1.43 bits per heavy atom. The lowest BCUT2D eigenvalue weighted by molar-refractivity contribution is 0.340. The van der Waals surface area contributed by atoms with Crippen LogP contribution in [0.2, 0.25) is 0 Å². The zero-order valence-corrected chi connectivity index (χ0v) is 8.48. The predicted molar refractivity (Wildman–Crippen MR) is 54.8 cm³/mol. The molecular formula is C11H15F2N. The first-order valence-corrected chi connectivity index (χ1v) is 4.78. The van der Waals surface area contributed by atoms with E-state index in [4.69, 9.17) is 0 Å². The molecule has 0 radical (unpaired) electrons. The minimum absolute atomic E-state index is 0.237. The summed E-state index contributed by atoms with van der Waals surface area (Å²) in [7, 11) is 0. The zero-order valence-electron chi connectivity index (χ0n) is 8.48. The van der Waals surface area contributed by atoms with Gasteiger partial charge in [0.05, 0.1) is 0 Å². The average molecular weight is 199 g/mol. The number of hydrogen-bond acceptors (Lipinski definition) is 1. The minimum Gasteiger partial charge on any atom is -0.382 e. The lowest BCUT2D eigenvalue weighted by atomic mass is 10.2. The maximum Gasteiger partial charge on any atom is 0.128 e. The fourth-order valence-corrected chi connectivity index (χ4v) is 1.16. The van der Waals surface area contributed by atoms with Crippen molar-refractivity contribution in [2.24, 2.45) is 0 Å². The molecule has 0 saturated heterocycles. The van der Waals surface area contributed by atoms with E-state index in [1.165, 1.54) is 6.07 Å². The molecule has 0 aliphatic heterocycles. The lowest BCUT2D eigenvalue weighted by Gasteiger charge is -2.11. The molecule has 3 heteroatoms. The van der Waals surface area contributed by atoms with E-state index in [0.29, 0.717) is 17.7 Å². The average Bonchev–Trinajstić information content (AvgIpc) is 2.20. The molecule has 0 spiro atoms. The second kappa shape index (κ2) is 4.94. The molecular weight excluding hydrogens is 184 g/mol. The summed E-state index contributed by atoms with van der Waals surface area (Å²) in [5.41, 5.74) is 1.21. The highest BCUT2D eigenvalue weighted by Gasteiger charge is 2.05. The van der Waals surface area contributed by atoms with Crippen molar-refractivity contribution in [2.45, 2.75) is 26.4 Å². The molecule has 14 heavy (non-hydrogen) atoms. The Kier molecular flexibility index (Phi) is 3.86. The van der Waals surface area contributed by atoms with Gasteiger partial charge in [0.1, 0.15) is 12.0 Å². The van der Waals surface area contributed by atoms with Crippen molar-refractivity contribution >= 4 is 5.69 Å². The monoisotopic (exact) mass is 199 g/mol. The quantitative estimate of drug-likeness (QED) is 0.784. The standard InChI is InChI=1S/C11H15F2N/c1-3-9(12)7-14-11-6-4-5-10(13)8(11)2/h4-6,9,14H,3,7H2,1-2H3. The topological polar surface area (TPSA) is 12.0 Å². The summed E-state index contributed by atoms with van der Waals surface area (Å²) in [5, 5.41) is 2.89. The van der Waals surface area contributed by atoms with Crippen molar-refractivity contribution < 1.29 is 8.78 Å². The Morgan fingerprint density at radius 2 is 2.14 bits per heavy atom. The van der Waals surface area contributed by atoms with Gasteiger partial charge in [0, 0.05) is 17.8 Å². The van der Waals surface area contributed by atoms with E-state index in [0.717, 1.165) is 0 Å². The summed E-state index contributed by atoms with van der Waals surface area (Å²) in [6.07, 6.45) is -0.404. The normalized spacial score (nSPS) is 12.6. The van der Waals surface area contributed by atoms with Gasteiger partial charge in [0.2, 0.25) is 0 Å². The molecule has 0 amide bonds. The van der Waals surface area contributed by atoms with Crippen LogP contribution in [0.3, 0.4) is 0 Å². The molecule has 0 aromatic heterocycles. The zero-order chi connectivity index (χ0) is 10.6. The van der Waals surface area contributed by atoms with Gasteiger partial charge in [-0.15, -0.1) is 0 Å². The third-order valence-electron chi connectivity index (χ3n) is 2.22. The molecule has 1 atom stereocenters. The molecule has 1 aromatic rings. The highest BCUT2D eigenvalue weighted by molar-refractivity contribution is 5.50. The summed E-state index contributed by atoms with van der Waals surface area (Å²) in [4.78, 5) is 0. The largest absolute Gasteiger partial charge is 0.382 e. The first kappa shape index (κ1) is 11.0. The van der Waals surface area contributed by atoms with Crippen molar-refractivity contribution in [3.63, 3.8) is 0 Å². The summed E-state index contributed by atoms with van der Waals surface area (Å²) in [6.45, 7) is 3.70. The number of anilines is 1. The molecule has 0 saturated carbocycles. The van der Waals surface area contributed by atoms with Gasteiger partial charge in [-0.3, -0.25) is 0 Å². The Bertz CT molecular complexity index is 299. The van der Waals surface area contributed by atoms with E-state index < -0.39 is 6.17 Å². The van der Waals surface area contributed by atoms with Crippen LogP contribution in [-0.2, 0) is 0 Å². The van der Waals surface area contributed by atoms with Crippen LogP contribution in [0.4, 0.5) is 14.5 Å². The maximum absolute atomic E-state index is 13.1. The van der Waals surface area contributed by atoms with Crippen molar-refractivity contribution in [3.05, 3.63) is 29.6 Å². The lowest BCUT2D eigenvalue weighted by Crippen LogP contribution is -2.14. The highest BCUT2D eigenvalue weighted by atomic mass is 19.1. The van der Waals surface area contributed by atoms with Crippen LogP contribution in [0.15, 0.2) is 18.2 Å². The molecule has 1 aromatic carbocycles. The van der Waals surface area contributed by atoms with Gasteiger partial charge in [-0.2, -0.15) is 0 Å². The van der Waals surface area contributed by atoms with Gasteiger partial charge >= 0.3 is 0 Å². The van der Waals surface area contributed by atoms with Gasteiger partial charge in [-0.1, -0.05) is 13.0 Å². The number of nitrogens with one attached hydrogen (secondary N) is 1. The molecule has 1 N–H and O–H groups in total. The second-order valence-corrected chi connectivity index (χ2v) is 3.30. The molecule has 0 aliphatic carbocycles. The SMILES string of the molecule is CCC(F)CNc1cccc(F)c1C. The van der Waals surface area contributed by atoms with Gasteiger partial charge < -0.3 is 5.32 Å². The van der Waals surface area contributed by atoms with Crippen molar-refractivity contribution in [1.82, 2.24) is 0 Å². The highest BCUT2D eigenvalue weighted by Crippen LogP contribution is 2.17. The Hall–Kier alpha value is -1.12. The summed E-state index contributed by atoms with van der Waals surface area (Å²) >= 11 is 0. The third kappa shape index (κ3) is 2.69. The van der Waals surface area contributed by atoms with E-state index in [9.17, 15) is 8.78 Å². The smallest absolute Gasteiger partial charge is 0.128 e. The fraction of sp³-hybridized carbons (Fsp3) is 0.455. The molecule has 1 rings (SSSR count). The van der Waals surface area contributed by atoms with Crippen molar-refractivity contribution in [2.75, 3.05) is 11.9 Å². The Labute approximate surface area is 83.1 Å². The van der Waals surface area contributed by atoms with E-state index in [1.807, 2.05) is 0 Å². The van der Waals surface area contributed by atoms with Crippen LogP contribution in [0.1, 0.15) is 18.9 Å². The maximum atomic E-state index is 13.1. The number of hydrogen-bond donors (Lipinski definition) is 1. The van der Waals surface area contributed by atoms with Gasteiger partial charge in [0.25, 0.3) is 0 Å². The van der Waals surface area contributed by atoms with Crippen LogP contribution in [0.25, 0.3) is 0 Å². The fourth-order valence-electron chi connectivity index (χ4n) is 1.16. The van der Waals surface area contributed by atoms with Crippen LogP contribution in [0.5, 0.6) is 0 Å². The predicted octanol–water partition coefficient (Wildman–Crippen LogP) is 3.29. The molecule has 0 fully saturated rings. The number of rotatable bonds is 4. The van der Waals surface area contributed by atoms with E-state index in [-0.39, 0.29) is 12.4 Å². The molecule has 0 heterocycles. The van der Waals surface area contributed by atoms with E-state index >= 15 is 0 Å². The van der Waals surface area contributed by atoms with Crippen LogP contribution < -0.4 is 5.32 Å². The Morgan fingerprint density at radius 3 is 2.79 bits per heavy atom. The van der Waals surface area contributed by atoms with Crippen LogP contribution in [0, 0.1) is 12.7 Å². The van der Waals surface area contributed by atoms with Crippen LogP contribution >= 0.6 is 0 Å². The second-order valence-electron chi connectivity index (χ2n) is 3.30. The van der Waals surface area contributed by atoms with E-state index in [2.05, 4.69) is 5.32 Å². The molecule has 78 valence electrons. The number of benzene rings is 1. The number of alkyl halides is 1. The first-order chi connectivity index (χ1) is 6.65. The Balaban J connectivity index is 2.63. The van der Waals surface area contributed by atoms with E-state index in [1.54, 1.807) is 26.0 Å². The molecule has 1 nitrogen and oxygen atoms in total. The third-order valence-corrected chi connectivity index (χ3v) is 2.22. The van der Waals surface area contributed by atoms with Crippen molar-refractivity contribution in [3.8, 4) is 0 Å². The molecule has 0 bridgehead atoms. The summed E-state index contributed by atoms with van der Waals surface area (Å²) < 4.78 is 25.9. The van der Waals surface area contributed by atoms with Crippen molar-refractivity contribution in [1.29, 1.82) is 0 Å². The molecule has 0 aliphatic rings. The van der Waals surface area contributed by atoms with Gasteiger partial charge in [-0.05, 0) is 25.5 Å². The van der Waals surface area contributed by atoms with Gasteiger partial charge in [0.15, 0.2) is 0 Å². The first-order valence-electron chi connectivity index (χ1n) is 4.78. The van der Waals surface area contributed by atoms with Crippen LogP contribution in [-0.4, -0.2) is 12.7 Å². The van der Waals surface area contributed by atoms with Gasteiger partial charge in [-0.25, -0.2) is 8.78 Å².